The van der Waals surface area contributed by atoms with E-state index in [4.69, 9.17) is 4.42 Å². The van der Waals surface area contributed by atoms with Crippen molar-refractivity contribution in [3.8, 4) is 0 Å². The average Bonchev–Trinajstić information content (AvgIpc) is 2.77. The first-order chi connectivity index (χ1) is 8.26. The van der Waals surface area contributed by atoms with Crippen LogP contribution in [0.3, 0.4) is 0 Å². The monoisotopic (exact) mass is 235 g/mol. The van der Waals surface area contributed by atoms with Gasteiger partial charge in [0, 0.05) is 0 Å². The summed E-state index contributed by atoms with van der Waals surface area (Å²) in [6, 6.07) is 4.61. The smallest absolute Gasteiger partial charge is 0.121 e. The van der Waals surface area contributed by atoms with Crippen molar-refractivity contribution in [1.82, 2.24) is 5.32 Å². The largest absolute Gasteiger partial charge is 0.465 e. The number of aryl methyl sites for hydroxylation is 1. The molecule has 0 radical (unpaired) electrons. The van der Waals surface area contributed by atoms with Gasteiger partial charge in [-0.05, 0) is 44.4 Å². The van der Waals surface area contributed by atoms with Gasteiger partial charge in [-0.15, -0.1) is 0 Å². The van der Waals surface area contributed by atoms with Gasteiger partial charge in [-0.2, -0.15) is 0 Å². The topological polar surface area (TPSA) is 25.2 Å². The zero-order valence-electron chi connectivity index (χ0n) is 11.3. The van der Waals surface area contributed by atoms with Crippen molar-refractivity contribution in [2.75, 3.05) is 7.05 Å². The minimum absolute atomic E-state index is 0.397. The molecule has 17 heavy (non-hydrogen) atoms. The van der Waals surface area contributed by atoms with Crippen LogP contribution < -0.4 is 5.32 Å². The first-order valence-corrected chi connectivity index (χ1v) is 6.99. The molecular weight excluding hydrogens is 210 g/mol. The summed E-state index contributed by atoms with van der Waals surface area (Å²) in [5, 5.41) is 3.47. The fourth-order valence-electron chi connectivity index (χ4n) is 3.37. The van der Waals surface area contributed by atoms with Gasteiger partial charge >= 0.3 is 0 Å². The highest BCUT2D eigenvalue weighted by molar-refractivity contribution is 5.11. The number of furan rings is 1. The summed E-state index contributed by atoms with van der Waals surface area (Å²) in [6.07, 6.45) is 6.80. The van der Waals surface area contributed by atoms with Gasteiger partial charge in [0.15, 0.2) is 0 Å². The molecule has 3 unspecified atom stereocenters. The maximum atomic E-state index is 5.82. The molecule has 2 rings (SSSR count). The van der Waals surface area contributed by atoms with Crippen LogP contribution in [0.1, 0.15) is 56.6 Å². The van der Waals surface area contributed by atoms with Crippen LogP contribution in [-0.2, 0) is 0 Å². The molecule has 1 saturated carbocycles. The zero-order chi connectivity index (χ0) is 12.3. The van der Waals surface area contributed by atoms with E-state index in [9.17, 15) is 0 Å². The van der Waals surface area contributed by atoms with Crippen LogP contribution in [0.4, 0.5) is 0 Å². The van der Waals surface area contributed by atoms with Gasteiger partial charge in [0.2, 0.25) is 0 Å². The maximum absolute atomic E-state index is 5.82. The predicted octanol–water partition coefficient (Wildman–Crippen LogP) is 4.06. The summed E-state index contributed by atoms with van der Waals surface area (Å²) < 4.78 is 5.82. The molecule has 1 aliphatic carbocycles. The third kappa shape index (κ3) is 2.74. The van der Waals surface area contributed by atoms with Crippen molar-refractivity contribution in [2.45, 2.75) is 52.0 Å². The van der Waals surface area contributed by atoms with Crippen LogP contribution in [0.25, 0.3) is 0 Å². The molecule has 0 saturated heterocycles. The van der Waals surface area contributed by atoms with Crippen LogP contribution in [-0.4, -0.2) is 7.05 Å². The second-order valence-electron chi connectivity index (χ2n) is 5.33. The van der Waals surface area contributed by atoms with Crippen LogP contribution in [0, 0.1) is 18.8 Å². The fourth-order valence-corrected chi connectivity index (χ4v) is 3.37. The van der Waals surface area contributed by atoms with Crippen LogP contribution in [0.5, 0.6) is 0 Å². The van der Waals surface area contributed by atoms with Crippen LogP contribution in [0.2, 0.25) is 0 Å². The highest BCUT2D eigenvalue weighted by atomic mass is 16.3. The van der Waals surface area contributed by atoms with Crippen LogP contribution >= 0.6 is 0 Å². The molecule has 3 atom stereocenters. The van der Waals surface area contributed by atoms with Gasteiger partial charge in [-0.3, -0.25) is 0 Å². The fraction of sp³-hybridized carbons (Fsp3) is 0.733. The van der Waals surface area contributed by atoms with Gasteiger partial charge in [-0.25, -0.2) is 0 Å². The third-order valence-corrected chi connectivity index (χ3v) is 4.30. The molecule has 0 spiro atoms. The van der Waals surface area contributed by atoms with Crippen LogP contribution in [0.15, 0.2) is 16.5 Å². The molecule has 1 heterocycles. The predicted molar refractivity (Wildman–Crippen MR) is 71.0 cm³/mol. The van der Waals surface area contributed by atoms with Gasteiger partial charge in [0.25, 0.3) is 0 Å². The molecule has 0 bridgehead atoms. The Labute approximate surface area is 105 Å². The Bertz CT molecular complexity index is 344. The summed E-state index contributed by atoms with van der Waals surface area (Å²) in [5.74, 6) is 3.73. The molecule has 2 heteroatoms. The molecular formula is C15H25NO. The summed E-state index contributed by atoms with van der Waals surface area (Å²) in [6.45, 7) is 4.34. The van der Waals surface area contributed by atoms with Crippen molar-refractivity contribution in [2.24, 2.45) is 11.8 Å². The molecule has 0 aliphatic heterocycles. The number of rotatable bonds is 4. The Morgan fingerprint density at radius 1 is 1.35 bits per heavy atom. The second kappa shape index (κ2) is 5.72. The molecule has 0 amide bonds. The first-order valence-electron chi connectivity index (χ1n) is 6.99. The number of hydrogen-bond acceptors (Lipinski definition) is 2. The summed E-state index contributed by atoms with van der Waals surface area (Å²) in [4.78, 5) is 0. The minimum atomic E-state index is 0.397. The van der Waals surface area contributed by atoms with E-state index >= 15 is 0 Å². The Balaban J connectivity index is 2.16. The molecule has 1 fully saturated rings. The van der Waals surface area contributed by atoms with Gasteiger partial charge in [0.1, 0.15) is 11.5 Å². The van der Waals surface area contributed by atoms with Crippen molar-refractivity contribution in [3.05, 3.63) is 23.7 Å². The Morgan fingerprint density at radius 2 is 2.12 bits per heavy atom. The summed E-state index contributed by atoms with van der Waals surface area (Å²) in [5.41, 5.74) is 0. The van der Waals surface area contributed by atoms with Crippen molar-refractivity contribution < 1.29 is 4.42 Å². The Hall–Kier alpha value is -0.760. The summed E-state index contributed by atoms with van der Waals surface area (Å²) >= 11 is 0. The lowest BCUT2D eigenvalue weighted by Crippen LogP contribution is -2.32. The number of hydrogen-bond donors (Lipinski definition) is 1. The van der Waals surface area contributed by atoms with E-state index in [1.807, 2.05) is 6.92 Å². The molecule has 0 aromatic carbocycles. The van der Waals surface area contributed by atoms with Gasteiger partial charge < -0.3 is 9.73 Å². The van der Waals surface area contributed by atoms with E-state index < -0.39 is 0 Å². The van der Waals surface area contributed by atoms with Gasteiger partial charge in [0.05, 0.1) is 6.04 Å². The average molecular weight is 235 g/mol. The minimum Gasteiger partial charge on any atom is -0.465 e. The molecule has 2 nitrogen and oxygen atoms in total. The van der Waals surface area contributed by atoms with E-state index in [2.05, 4.69) is 31.4 Å². The maximum Gasteiger partial charge on any atom is 0.121 e. The number of nitrogens with one attached hydrogen (secondary N) is 1. The molecule has 96 valence electrons. The Morgan fingerprint density at radius 3 is 2.71 bits per heavy atom. The van der Waals surface area contributed by atoms with E-state index in [-0.39, 0.29) is 0 Å². The molecule has 1 aromatic heterocycles. The lowest BCUT2D eigenvalue weighted by atomic mass is 9.73. The molecule has 1 aliphatic rings. The highest BCUT2D eigenvalue weighted by Crippen LogP contribution is 2.40. The van der Waals surface area contributed by atoms with Crippen molar-refractivity contribution in [3.63, 3.8) is 0 Å². The van der Waals surface area contributed by atoms with E-state index in [1.54, 1.807) is 0 Å². The van der Waals surface area contributed by atoms with E-state index in [0.717, 1.165) is 23.4 Å². The lowest BCUT2D eigenvalue weighted by molar-refractivity contribution is 0.165. The van der Waals surface area contributed by atoms with Crippen molar-refractivity contribution in [1.29, 1.82) is 0 Å². The standard InChI is InChI=1S/C15H25NO/c1-4-12-7-5-6-8-13(12)15(16-3)14-10-9-11(2)17-14/h9-10,12-13,15-16H,4-8H2,1-3H3. The first kappa shape index (κ1) is 12.7. The van der Waals surface area contributed by atoms with Gasteiger partial charge in [-0.1, -0.05) is 32.6 Å². The Kier molecular flexibility index (Phi) is 4.27. The quantitative estimate of drug-likeness (QED) is 0.851. The van der Waals surface area contributed by atoms with Crippen molar-refractivity contribution >= 4 is 0 Å². The lowest BCUT2D eigenvalue weighted by Gasteiger charge is -2.35. The zero-order valence-corrected chi connectivity index (χ0v) is 11.3. The van der Waals surface area contributed by atoms with E-state index in [1.165, 1.54) is 32.1 Å². The molecule has 1 N–H and O–H groups in total. The normalized spacial score (nSPS) is 27.0. The highest BCUT2D eigenvalue weighted by Gasteiger charge is 2.32. The van der Waals surface area contributed by atoms with E-state index in [0.29, 0.717) is 6.04 Å². The SMILES string of the molecule is CCC1CCCCC1C(NC)c1ccc(C)o1. The third-order valence-electron chi connectivity index (χ3n) is 4.30. The summed E-state index contributed by atoms with van der Waals surface area (Å²) in [7, 11) is 2.06. The second-order valence-corrected chi connectivity index (χ2v) is 5.33. The molecule has 1 aromatic rings.